The van der Waals surface area contributed by atoms with E-state index < -0.39 is 11.5 Å². The van der Waals surface area contributed by atoms with Crippen LogP contribution in [-0.2, 0) is 9.59 Å². The lowest BCUT2D eigenvalue weighted by atomic mass is 9.87. The maximum absolute atomic E-state index is 13.3. The van der Waals surface area contributed by atoms with Crippen LogP contribution in [0.4, 0.5) is 5.82 Å². The van der Waals surface area contributed by atoms with Crippen LogP contribution in [0.5, 0.6) is 0 Å². The molecule has 0 atom stereocenters. The molecule has 0 aliphatic carbocycles. The molecular formula is C25H31N7O4. The lowest BCUT2D eigenvalue weighted by Crippen LogP contribution is -2.59. The molecule has 1 aliphatic rings. The molecule has 2 aromatic heterocycles. The van der Waals surface area contributed by atoms with Crippen molar-refractivity contribution in [2.75, 3.05) is 38.0 Å². The van der Waals surface area contributed by atoms with Gasteiger partial charge < -0.3 is 30.9 Å². The zero-order valence-corrected chi connectivity index (χ0v) is 20.4. The van der Waals surface area contributed by atoms with Gasteiger partial charge in [-0.3, -0.25) is 14.4 Å². The molecule has 0 bridgehead atoms. The number of benzene rings is 1. The average molecular weight is 494 g/mol. The van der Waals surface area contributed by atoms with Crippen molar-refractivity contribution < 1.29 is 19.5 Å². The number of carbonyl (C=O) groups excluding carboxylic acids is 2. The Balaban J connectivity index is 1.60. The summed E-state index contributed by atoms with van der Waals surface area (Å²) < 4.78 is 0. The van der Waals surface area contributed by atoms with Gasteiger partial charge in [0.05, 0.1) is 5.39 Å². The van der Waals surface area contributed by atoms with Gasteiger partial charge in [0.1, 0.15) is 22.7 Å². The third kappa shape index (κ3) is 5.30. The second-order valence-electron chi connectivity index (χ2n) is 8.83. The lowest BCUT2D eigenvalue weighted by molar-refractivity contribution is -0.146. The fraction of sp³-hybridized carbons (Fsp3) is 0.400. The number of carboxylic acids is 1. The third-order valence-electron chi connectivity index (χ3n) is 6.37. The zero-order valence-electron chi connectivity index (χ0n) is 20.4. The van der Waals surface area contributed by atoms with Crippen LogP contribution in [0.3, 0.4) is 0 Å². The summed E-state index contributed by atoms with van der Waals surface area (Å²) >= 11 is 0. The maximum Gasteiger partial charge on any atom is 0.324 e. The van der Waals surface area contributed by atoms with E-state index in [9.17, 15) is 19.5 Å². The molecule has 11 nitrogen and oxygen atoms in total. The SMILES string of the molecule is CCNC1(C(=O)O)CCN(C(=O)c2cc3c(NCCNC(C)=O)nc(-c4ccccc4)nc3[nH]2)CC1. The van der Waals surface area contributed by atoms with Crippen LogP contribution in [0.15, 0.2) is 36.4 Å². The van der Waals surface area contributed by atoms with Gasteiger partial charge in [-0.05, 0) is 25.5 Å². The van der Waals surface area contributed by atoms with Crippen molar-refractivity contribution in [1.29, 1.82) is 0 Å². The highest BCUT2D eigenvalue weighted by atomic mass is 16.4. The van der Waals surface area contributed by atoms with E-state index in [4.69, 9.17) is 0 Å². The van der Waals surface area contributed by atoms with Gasteiger partial charge in [-0.2, -0.15) is 0 Å². The van der Waals surface area contributed by atoms with Crippen molar-refractivity contribution in [3.05, 3.63) is 42.1 Å². The summed E-state index contributed by atoms with van der Waals surface area (Å²) in [6, 6.07) is 11.2. The Labute approximate surface area is 208 Å². The predicted molar refractivity (Wildman–Crippen MR) is 136 cm³/mol. The first-order chi connectivity index (χ1) is 17.3. The molecule has 1 fully saturated rings. The molecule has 0 unspecified atom stereocenters. The summed E-state index contributed by atoms with van der Waals surface area (Å²) in [4.78, 5) is 50.5. The van der Waals surface area contributed by atoms with Crippen LogP contribution in [-0.4, -0.2) is 81.0 Å². The van der Waals surface area contributed by atoms with Crippen molar-refractivity contribution in [2.45, 2.75) is 32.2 Å². The fourth-order valence-corrected chi connectivity index (χ4v) is 4.46. The molecule has 190 valence electrons. The van der Waals surface area contributed by atoms with Gasteiger partial charge in [-0.1, -0.05) is 37.3 Å². The smallest absolute Gasteiger partial charge is 0.324 e. The maximum atomic E-state index is 13.3. The summed E-state index contributed by atoms with van der Waals surface area (Å²) in [6.07, 6.45) is 0.659. The molecule has 1 aromatic carbocycles. The van der Waals surface area contributed by atoms with Gasteiger partial charge in [0.2, 0.25) is 5.91 Å². The Bertz CT molecular complexity index is 1250. The normalized spacial score (nSPS) is 15.0. The number of rotatable bonds is 9. The van der Waals surface area contributed by atoms with Crippen LogP contribution in [0.25, 0.3) is 22.4 Å². The zero-order chi connectivity index (χ0) is 25.7. The third-order valence-corrected chi connectivity index (χ3v) is 6.37. The number of nitrogens with zero attached hydrogens (tertiary/aromatic N) is 3. The monoisotopic (exact) mass is 493 g/mol. The van der Waals surface area contributed by atoms with Crippen molar-refractivity contribution in [2.24, 2.45) is 0 Å². The predicted octanol–water partition coefficient (Wildman–Crippen LogP) is 1.84. The summed E-state index contributed by atoms with van der Waals surface area (Å²) in [5, 5.41) is 19.4. The first kappa shape index (κ1) is 25.1. The number of anilines is 1. The topological polar surface area (TPSA) is 152 Å². The molecule has 0 spiro atoms. The first-order valence-corrected chi connectivity index (χ1v) is 12.0. The van der Waals surface area contributed by atoms with Crippen LogP contribution in [0.1, 0.15) is 37.2 Å². The van der Waals surface area contributed by atoms with E-state index in [1.54, 1.807) is 11.0 Å². The number of fused-ring (bicyclic) bond motifs is 1. The van der Waals surface area contributed by atoms with Crippen LogP contribution >= 0.6 is 0 Å². The van der Waals surface area contributed by atoms with Gasteiger partial charge >= 0.3 is 5.97 Å². The van der Waals surface area contributed by atoms with Gasteiger partial charge in [-0.15, -0.1) is 0 Å². The Kier molecular flexibility index (Phi) is 7.49. The minimum atomic E-state index is -1.01. The minimum absolute atomic E-state index is 0.119. The number of piperidine rings is 1. The number of aromatic amines is 1. The molecule has 36 heavy (non-hydrogen) atoms. The number of nitrogens with one attached hydrogen (secondary N) is 4. The standard InChI is InChI=1S/C25H31N7O4/c1-3-28-25(24(35)36)9-13-32(14-10-25)23(34)19-15-18-21(27-12-11-26-16(2)33)30-20(31-22(18)29-19)17-7-5-4-6-8-17/h4-8,15,28H,3,9-14H2,1-2H3,(H,26,33)(H,35,36)(H2,27,29,30,31). The summed E-state index contributed by atoms with van der Waals surface area (Å²) in [7, 11) is 0. The van der Waals surface area contributed by atoms with Gasteiger partial charge in [0, 0.05) is 38.7 Å². The second kappa shape index (κ2) is 10.7. The Morgan fingerprint density at radius 3 is 2.47 bits per heavy atom. The molecule has 11 heteroatoms. The largest absolute Gasteiger partial charge is 0.480 e. The Morgan fingerprint density at radius 1 is 1.11 bits per heavy atom. The highest BCUT2D eigenvalue weighted by molar-refractivity contribution is 6.00. The first-order valence-electron chi connectivity index (χ1n) is 12.0. The van der Waals surface area contributed by atoms with Crippen molar-refractivity contribution in [3.63, 3.8) is 0 Å². The molecule has 0 radical (unpaired) electrons. The number of hydrogen-bond donors (Lipinski definition) is 5. The highest BCUT2D eigenvalue weighted by Crippen LogP contribution is 2.28. The van der Waals surface area contributed by atoms with Crippen molar-refractivity contribution >= 4 is 34.6 Å². The molecule has 2 amide bonds. The molecule has 1 saturated heterocycles. The molecule has 0 saturated carbocycles. The number of aromatic nitrogens is 3. The van der Waals surface area contributed by atoms with E-state index in [-0.39, 0.29) is 11.8 Å². The molecule has 3 aromatic rings. The van der Waals surface area contributed by atoms with Crippen LogP contribution in [0, 0.1) is 0 Å². The van der Waals surface area contributed by atoms with Crippen LogP contribution in [0.2, 0.25) is 0 Å². The molecular weight excluding hydrogens is 462 g/mol. The summed E-state index contributed by atoms with van der Waals surface area (Å²) in [5.41, 5.74) is 0.697. The number of H-pyrrole nitrogens is 1. The Morgan fingerprint density at radius 2 is 1.83 bits per heavy atom. The molecule has 4 rings (SSSR count). The molecule has 5 N–H and O–H groups in total. The van der Waals surface area contributed by atoms with Gasteiger partial charge in [-0.25, -0.2) is 9.97 Å². The van der Waals surface area contributed by atoms with E-state index >= 15 is 0 Å². The van der Waals surface area contributed by atoms with Crippen molar-refractivity contribution in [1.82, 2.24) is 30.5 Å². The summed E-state index contributed by atoms with van der Waals surface area (Å²) in [6.45, 7) is 5.40. The van der Waals surface area contributed by atoms with Crippen LogP contribution < -0.4 is 16.0 Å². The summed E-state index contributed by atoms with van der Waals surface area (Å²) in [5.74, 6) is -0.169. The number of likely N-dealkylation sites (tertiary alicyclic amines) is 1. The average Bonchev–Trinajstić information content (AvgIpc) is 3.31. The second-order valence-corrected chi connectivity index (χ2v) is 8.83. The van der Waals surface area contributed by atoms with E-state index in [1.165, 1.54) is 6.92 Å². The Hall–Kier alpha value is -3.99. The number of aliphatic carboxylic acids is 1. The quantitative estimate of drug-likeness (QED) is 0.283. The lowest BCUT2D eigenvalue weighted by Gasteiger charge is -2.39. The van der Waals surface area contributed by atoms with Gasteiger partial charge in [0.25, 0.3) is 5.91 Å². The fourth-order valence-electron chi connectivity index (χ4n) is 4.46. The highest BCUT2D eigenvalue weighted by Gasteiger charge is 2.42. The molecule has 3 heterocycles. The number of carbonyl (C=O) groups is 3. The molecule has 1 aliphatic heterocycles. The minimum Gasteiger partial charge on any atom is -0.480 e. The number of likely N-dealkylation sites (N-methyl/N-ethyl adjacent to an activating group) is 1. The van der Waals surface area contributed by atoms with Crippen molar-refractivity contribution in [3.8, 4) is 11.4 Å². The van der Waals surface area contributed by atoms with E-state index in [0.717, 1.165) is 5.56 Å². The van der Waals surface area contributed by atoms with E-state index in [1.807, 2.05) is 37.3 Å². The van der Waals surface area contributed by atoms with E-state index in [0.29, 0.717) is 73.9 Å². The number of hydrogen-bond acceptors (Lipinski definition) is 7. The van der Waals surface area contributed by atoms with E-state index in [2.05, 4.69) is 30.9 Å². The number of amides is 2. The van der Waals surface area contributed by atoms with Gasteiger partial charge in [0.15, 0.2) is 5.82 Å². The number of carboxylic acid groups (broad SMARTS) is 1.